The number of ketones is 1. The van der Waals surface area contributed by atoms with Crippen molar-refractivity contribution >= 4 is 17.5 Å². The molecular formula is C15H17N5O. The molecule has 108 valence electrons. The van der Waals surface area contributed by atoms with E-state index in [0.717, 1.165) is 37.9 Å². The van der Waals surface area contributed by atoms with Gasteiger partial charge in [-0.2, -0.15) is 0 Å². The Kier molecular flexibility index (Phi) is 3.77. The molecule has 0 N–H and O–H groups in total. The maximum atomic E-state index is 11.3. The number of hydrogen-bond donors (Lipinski definition) is 0. The van der Waals surface area contributed by atoms with Crippen LogP contribution in [-0.2, 0) is 0 Å². The molecule has 2 aromatic heterocycles. The number of pyridine rings is 1. The second kappa shape index (κ2) is 5.87. The zero-order chi connectivity index (χ0) is 14.7. The molecule has 6 heteroatoms. The SMILES string of the molecule is CC(=O)c1ccc(N2CCN(c3ncccn3)CC2)nc1. The second-order valence-corrected chi connectivity index (χ2v) is 4.98. The summed E-state index contributed by atoms with van der Waals surface area (Å²) in [5.74, 6) is 1.73. The van der Waals surface area contributed by atoms with Crippen molar-refractivity contribution < 1.29 is 4.79 Å². The van der Waals surface area contributed by atoms with E-state index < -0.39 is 0 Å². The highest BCUT2D eigenvalue weighted by molar-refractivity contribution is 5.93. The van der Waals surface area contributed by atoms with Gasteiger partial charge in [0.2, 0.25) is 5.95 Å². The minimum absolute atomic E-state index is 0.0418. The van der Waals surface area contributed by atoms with E-state index in [2.05, 4.69) is 24.8 Å². The fraction of sp³-hybridized carbons (Fsp3) is 0.333. The van der Waals surface area contributed by atoms with E-state index in [1.165, 1.54) is 0 Å². The molecule has 0 radical (unpaired) electrons. The van der Waals surface area contributed by atoms with Crippen molar-refractivity contribution in [3.63, 3.8) is 0 Å². The molecule has 1 aliphatic heterocycles. The monoisotopic (exact) mass is 283 g/mol. The minimum atomic E-state index is 0.0418. The Morgan fingerprint density at radius 1 is 1.00 bits per heavy atom. The van der Waals surface area contributed by atoms with Crippen LogP contribution in [0, 0.1) is 0 Å². The molecule has 2 aromatic rings. The summed E-state index contributed by atoms with van der Waals surface area (Å²) in [6.07, 6.45) is 5.16. The molecule has 0 bridgehead atoms. The second-order valence-electron chi connectivity index (χ2n) is 4.98. The average molecular weight is 283 g/mol. The summed E-state index contributed by atoms with van der Waals surface area (Å²) in [5.41, 5.74) is 0.648. The summed E-state index contributed by atoms with van der Waals surface area (Å²) in [4.78, 5) is 28.6. The molecule has 0 saturated carbocycles. The maximum Gasteiger partial charge on any atom is 0.225 e. The van der Waals surface area contributed by atoms with Crippen molar-refractivity contribution in [3.05, 3.63) is 42.4 Å². The summed E-state index contributed by atoms with van der Waals surface area (Å²) >= 11 is 0. The van der Waals surface area contributed by atoms with Crippen LogP contribution in [-0.4, -0.2) is 46.9 Å². The Hall–Kier alpha value is -2.50. The van der Waals surface area contributed by atoms with Gasteiger partial charge in [-0.3, -0.25) is 4.79 Å². The highest BCUT2D eigenvalue weighted by Crippen LogP contribution is 2.16. The van der Waals surface area contributed by atoms with Gasteiger partial charge in [0.1, 0.15) is 5.82 Å². The van der Waals surface area contributed by atoms with Crippen LogP contribution >= 0.6 is 0 Å². The predicted molar refractivity (Wildman–Crippen MR) is 80.7 cm³/mol. The predicted octanol–water partition coefficient (Wildman–Crippen LogP) is 1.40. The fourth-order valence-corrected chi connectivity index (χ4v) is 2.37. The highest BCUT2D eigenvalue weighted by Gasteiger charge is 2.19. The molecule has 3 heterocycles. The normalized spacial score (nSPS) is 15.1. The van der Waals surface area contributed by atoms with Crippen LogP contribution < -0.4 is 9.80 Å². The molecule has 6 nitrogen and oxygen atoms in total. The molecule has 0 amide bonds. The number of carbonyl (C=O) groups is 1. The first-order valence-corrected chi connectivity index (χ1v) is 6.98. The van der Waals surface area contributed by atoms with Gasteiger partial charge in [-0.25, -0.2) is 15.0 Å². The van der Waals surface area contributed by atoms with Crippen LogP contribution in [0.3, 0.4) is 0 Å². The highest BCUT2D eigenvalue weighted by atomic mass is 16.1. The van der Waals surface area contributed by atoms with E-state index in [9.17, 15) is 4.79 Å². The van der Waals surface area contributed by atoms with Crippen LogP contribution in [0.25, 0.3) is 0 Å². The Morgan fingerprint density at radius 3 is 2.24 bits per heavy atom. The van der Waals surface area contributed by atoms with Gasteiger partial charge >= 0.3 is 0 Å². The van der Waals surface area contributed by atoms with Gasteiger partial charge in [-0.15, -0.1) is 0 Å². The van der Waals surface area contributed by atoms with E-state index in [1.807, 2.05) is 18.2 Å². The molecule has 1 saturated heterocycles. The molecule has 0 spiro atoms. The number of anilines is 2. The number of nitrogens with zero attached hydrogens (tertiary/aromatic N) is 5. The topological polar surface area (TPSA) is 62.2 Å². The molecule has 0 aliphatic carbocycles. The molecule has 0 unspecified atom stereocenters. The van der Waals surface area contributed by atoms with Crippen molar-refractivity contribution in [3.8, 4) is 0 Å². The van der Waals surface area contributed by atoms with Crippen LogP contribution in [0.1, 0.15) is 17.3 Å². The summed E-state index contributed by atoms with van der Waals surface area (Å²) < 4.78 is 0. The number of hydrogen-bond acceptors (Lipinski definition) is 6. The molecule has 1 fully saturated rings. The summed E-state index contributed by atoms with van der Waals surface area (Å²) in [7, 11) is 0. The lowest BCUT2D eigenvalue weighted by Gasteiger charge is -2.35. The van der Waals surface area contributed by atoms with Crippen molar-refractivity contribution in [1.82, 2.24) is 15.0 Å². The van der Waals surface area contributed by atoms with Crippen molar-refractivity contribution in [2.45, 2.75) is 6.92 Å². The first-order chi connectivity index (χ1) is 10.2. The first-order valence-electron chi connectivity index (χ1n) is 6.98. The average Bonchev–Trinajstić information content (AvgIpc) is 2.56. The molecule has 21 heavy (non-hydrogen) atoms. The Balaban J connectivity index is 1.64. The number of piperazine rings is 1. The largest absolute Gasteiger partial charge is 0.353 e. The smallest absolute Gasteiger partial charge is 0.225 e. The van der Waals surface area contributed by atoms with E-state index in [-0.39, 0.29) is 5.78 Å². The number of rotatable bonds is 3. The Bertz CT molecular complexity index is 606. The number of Topliss-reactive ketones (excluding diaryl/α,β-unsaturated/α-hetero) is 1. The Morgan fingerprint density at radius 2 is 1.67 bits per heavy atom. The standard InChI is InChI=1S/C15H17N5O/c1-12(21)13-3-4-14(18-11-13)19-7-9-20(10-8-19)15-16-5-2-6-17-15/h2-6,11H,7-10H2,1H3. The first kappa shape index (κ1) is 13.5. The van der Waals surface area contributed by atoms with Gasteiger partial charge in [0.25, 0.3) is 0 Å². The van der Waals surface area contributed by atoms with E-state index in [1.54, 1.807) is 25.5 Å². The third kappa shape index (κ3) is 2.99. The summed E-state index contributed by atoms with van der Waals surface area (Å²) in [5, 5.41) is 0. The summed E-state index contributed by atoms with van der Waals surface area (Å²) in [6, 6.07) is 5.56. The summed E-state index contributed by atoms with van der Waals surface area (Å²) in [6.45, 7) is 5.00. The van der Waals surface area contributed by atoms with Crippen molar-refractivity contribution in [1.29, 1.82) is 0 Å². The van der Waals surface area contributed by atoms with Crippen LogP contribution in [0.4, 0.5) is 11.8 Å². The Labute approximate surface area is 123 Å². The van der Waals surface area contributed by atoms with Gasteiger partial charge in [-0.05, 0) is 25.1 Å². The van der Waals surface area contributed by atoms with Gasteiger partial charge in [0, 0.05) is 50.3 Å². The lowest BCUT2D eigenvalue weighted by atomic mass is 10.2. The molecule has 3 rings (SSSR count). The quantitative estimate of drug-likeness (QED) is 0.794. The zero-order valence-corrected chi connectivity index (χ0v) is 11.9. The van der Waals surface area contributed by atoms with Gasteiger partial charge < -0.3 is 9.80 Å². The van der Waals surface area contributed by atoms with Crippen LogP contribution in [0.5, 0.6) is 0 Å². The third-order valence-corrected chi connectivity index (χ3v) is 3.59. The van der Waals surface area contributed by atoms with Crippen molar-refractivity contribution in [2.24, 2.45) is 0 Å². The molecule has 0 aromatic carbocycles. The third-order valence-electron chi connectivity index (χ3n) is 3.59. The maximum absolute atomic E-state index is 11.3. The minimum Gasteiger partial charge on any atom is -0.353 e. The lowest BCUT2D eigenvalue weighted by Crippen LogP contribution is -2.47. The lowest BCUT2D eigenvalue weighted by molar-refractivity contribution is 0.101. The van der Waals surface area contributed by atoms with Gasteiger partial charge in [-0.1, -0.05) is 0 Å². The zero-order valence-electron chi connectivity index (χ0n) is 11.9. The van der Waals surface area contributed by atoms with Crippen LogP contribution in [0.2, 0.25) is 0 Å². The van der Waals surface area contributed by atoms with E-state index in [4.69, 9.17) is 0 Å². The molecular weight excluding hydrogens is 266 g/mol. The van der Waals surface area contributed by atoms with Crippen molar-refractivity contribution in [2.75, 3.05) is 36.0 Å². The van der Waals surface area contributed by atoms with Gasteiger partial charge in [0.05, 0.1) is 0 Å². The molecule has 1 aliphatic rings. The van der Waals surface area contributed by atoms with E-state index in [0.29, 0.717) is 5.56 Å². The number of carbonyl (C=O) groups excluding carboxylic acids is 1. The van der Waals surface area contributed by atoms with E-state index >= 15 is 0 Å². The molecule has 0 atom stereocenters. The van der Waals surface area contributed by atoms with Gasteiger partial charge in [0.15, 0.2) is 5.78 Å². The number of aromatic nitrogens is 3. The fourth-order valence-electron chi connectivity index (χ4n) is 2.37. The van der Waals surface area contributed by atoms with Crippen LogP contribution in [0.15, 0.2) is 36.8 Å².